The van der Waals surface area contributed by atoms with Crippen molar-refractivity contribution >= 4 is 40.8 Å². The number of nitrogens with one attached hydrogen (secondary N) is 1. The number of amides is 1. The third-order valence-corrected chi connectivity index (χ3v) is 5.42. The lowest BCUT2D eigenvalue weighted by Crippen LogP contribution is -2.25. The maximum absolute atomic E-state index is 12.3. The third-order valence-electron chi connectivity index (χ3n) is 3.63. The van der Waals surface area contributed by atoms with Gasteiger partial charge in [-0.15, -0.1) is 5.10 Å². The highest BCUT2D eigenvalue weighted by atomic mass is 32.2. The summed E-state index contributed by atoms with van der Waals surface area (Å²) in [5.41, 5.74) is 1.40. The van der Waals surface area contributed by atoms with E-state index in [-0.39, 0.29) is 16.9 Å². The Labute approximate surface area is 163 Å². The van der Waals surface area contributed by atoms with Gasteiger partial charge >= 0.3 is 0 Å². The Bertz CT molecular complexity index is 873. The van der Waals surface area contributed by atoms with Crippen LogP contribution in [-0.2, 0) is 11.2 Å². The first-order chi connectivity index (χ1) is 13.0. The molecule has 3 rings (SSSR count). The number of carbonyl (C=O) groups is 1. The van der Waals surface area contributed by atoms with Crippen molar-refractivity contribution in [2.75, 3.05) is 0 Å². The molecule has 1 aliphatic heterocycles. The van der Waals surface area contributed by atoms with Crippen LogP contribution in [0.15, 0.2) is 63.6 Å². The zero-order valence-corrected chi connectivity index (χ0v) is 15.5. The Hall–Kier alpha value is -2.39. The van der Waals surface area contributed by atoms with E-state index >= 15 is 0 Å². The molecule has 1 unspecified atom stereocenters. The second-order valence-corrected chi connectivity index (χ2v) is 7.79. The number of phenolic OH excluding ortho intramolecular Hbond substituents is 1. The standard InChI is InChI=1S/C18H15F2N3O2S2/c19-17(20)26-13-7-5-11(6-8-13)9-15-16(25)22-18(27-15)23-21-10-12-3-1-2-4-14(12)24/h1-8,10,15,17,24H,9H2,(H,22,23,25). The highest BCUT2D eigenvalue weighted by Gasteiger charge is 2.30. The summed E-state index contributed by atoms with van der Waals surface area (Å²) in [6.07, 6.45) is 1.86. The van der Waals surface area contributed by atoms with E-state index < -0.39 is 5.76 Å². The molecule has 0 bridgehead atoms. The maximum Gasteiger partial charge on any atom is 0.288 e. The molecule has 0 aromatic heterocycles. The number of alkyl halides is 2. The number of para-hydroxylation sites is 1. The first-order valence-corrected chi connectivity index (χ1v) is 9.67. The van der Waals surface area contributed by atoms with Crippen molar-refractivity contribution in [1.82, 2.24) is 5.32 Å². The lowest BCUT2D eigenvalue weighted by Gasteiger charge is -2.06. The van der Waals surface area contributed by atoms with Gasteiger partial charge in [-0.1, -0.05) is 47.8 Å². The van der Waals surface area contributed by atoms with Crippen molar-refractivity contribution in [2.24, 2.45) is 10.2 Å². The van der Waals surface area contributed by atoms with Gasteiger partial charge in [-0.3, -0.25) is 4.79 Å². The zero-order valence-electron chi connectivity index (χ0n) is 13.9. The van der Waals surface area contributed by atoms with Crippen molar-refractivity contribution < 1.29 is 18.7 Å². The molecule has 0 saturated carbocycles. The van der Waals surface area contributed by atoms with Crippen LogP contribution < -0.4 is 5.32 Å². The minimum atomic E-state index is -2.45. The fourth-order valence-electron chi connectivity index (χ4n) is 2.35. The first-order valence-electron chi connectivity index (χ1n) is 7.91. The van der Waals surface area contributed by atoms with Crippen LogP contribution in [-0.4, -0.2) is 33.4 Å². The molecule has 5 nitrogen and oxygen atoms in total. The van der Waals surface area contributed by atoms with Gasteiger partial charge in [0, 0.05) is 10.5 Å². The smallest absolute Gasteiger partial charge is 0.288 e. The number of rotatable bonds is 6. The topological polar surface area (TPSA) is 74.0 Å². The number of amidine groups is 1. The summed E-state index contributed by atoms with van der Waals surface area (Å²) in [4.78, 5) is 12.6. The van der Waals surface area contributed by atoms with E-state index in [0.29, 0.717) is 33.8 Å². The van der Waals surface area contributed by atoms with Crippen LogP contribution in [0.3, 0.4) is 0 Å². The van der Waals surface area contributed by atoms with Crippen molar-refractivity contribution in [3.63, 3.8) is 0 Å². The number of aromatic hydroxyl groups is 1. The molecule has 1 heterocycles. The van der Waals surface area contributed by atoms with Crippen molar-refractivity contribution in [2.45, 2.75) is 22.3 Å². The zero-order chi connectivity index (χ0) is 19.2. The number of hydrogen-bond donors (Lipinski definition) is 2. The molecular formula is C18H15F2N3O2S2. The highest BCUT2D eigenvalue weighted by Crippen LogP contribution is 2.27. The largest absolute Gasteiger partial charge is 0.507 e. The van der Waals surface area contributed by atoms with Gasteiger partial charge in [0.25, 0.3) is 5.76 Å². The quantitative estimate of drug-likeness (QED) is 0.433. The average Bonchev–Trinajstić information content (AvgIpc) is 2.97. The summed E-state index contributed by atoms with van der Waals surface area (Å²) in [5, 5.41) is 20.2. The molecular weight excluding hydrogens is 392 g/mol. The number of hydrogen-bond acceptors (Lipinski definition) is 6. The molecule has 2 N–H and O–H groups in total. The Morgan fingerprint density at radius 1 is 1.22 bits per heavy atom. The lowest BCUT2D eigenvalue weighted by atomic mass is 10.1. The third kappa shape index (κ3) is 5.54. The van der Waals surface area contributed by atoms with E-state index in [9.17, 15) is 18.7 Å². The molecule has 0 radical (unpaired) electrons. The van der Waals surface area contributed by atoms with E-state index in [4.69, 9.17) is 0 Å². The fraction of sp³-hybridized carbons (Fsp3) is 0.167. The Kier molecular flexibility index (Phi) is 6.46. The Morgan fingerprint density at radius 2 is 1.96 bits per heavy atom. The molecule has 9 heteroatoms. The summed E-state index contributed by atoms with van der Waals surface area (Å²) in [5.74, 6) is -2.54. The van der Waals surface area contributed by atoms with Crippen molar-refractivity contribution in [3.05, 3.63) is 59.7 Å². The molecule has 1 fully saturated rings. The Morgan fingerprint density at radius 3 is 2.67 bits per heavy atom. The van der Waals surface area contributed by atoms with E-state index in [2.05, 4.69) is 15.5 Å². The van der Waals surface area contributed by atoms with Gasteiger partial charge in [0.05, 0.1) is 11.5 Å². The molecule has 140 valence electrons. The van der Waals surface area contributed by atoms with Gasteiger partial charge in [0.15, 0.2) is 5.17 Å². The van der Waals surface area contributed by atoms with Crippen LogP contribution in [0.25, 0.3) is 0 Å². The van der Waals surface area contributed by atoms with E-state index in [1.54, 1.807) is 48.5 Å². The fourth-order valence-corrected chi connectivity index (χ4v) is 3.81. The van der Waals surface area contributed by atoms with E-state index in [0.717, 1.165) is 5.56 Å². The van der Waals surface area contributed by atoms with Gasteiger partial charge in [0.2, 0.25) is 5.91 Å². The van der Waals surface area contributed by atoms with E-state index in [1.807, 2.05) is 0 Å². The molecule has 0 aliphatic carbocycles. The predicted molar refractivity (Wildman–Crippen MR) is 105 cm³/mol. The van der Waals surface area contributed by atoms with Gasteiger partial charge in [-0.2, -0.15) is 13.9 Å². The number of thioether (sulfide) groups is 2. The normalized spacial score (nSPS) is 18.6. The second kappa shape index (κ2) is 9.01. The minimum Gasteiger partial charge on any atom is -0.507 e. The minimum absolute atomic E-state index is 0.0934. The SMILES string of the molecule is O=C1NC(=NN=Cc2ccccc2O)SC1Cc1ccc(SC(F)F)cc1. The van der Waals surface area contributed by atoms with Crippen LogP contribution >= 0.6 is 23.5 Å². The van der Waals surface area contributed by atoms with Crippen LogP contribution in [0.1, 0.15) is 11.1 Å². The highest BCUT2D eigenvalue weighted by molar-refractivity contribution is 8.15. The molecule has 0 spiro atoms. The Balaban J connectivity index is 1.59. The van der Waals surface area contributed by atoms with Crippen LogP contribution in [0.5, 0.6) is 5.75 Å². The first kappa shape index (κ1) is 19.4. The van der Waals surface area contributed by atoms with Crippen LogP contribution in [0, 0.1) is 0 Å². The summed E-state index contributed by atoms with van der Waals surface area (Å²) in [6, 6.07) is 13.4. The van der Waals surface area contributed by atoms with Crippen LogP contribution in [0.4, 0.5) is 8.78 Å². The summed E-state index contributed by atoms with van der Waals surface area (Å²) >= 11 is 1.74. The van der Waals surface area contributed by atoms with Gasteiger partial charge < -0.3 is 10.4 Å². The molecule has 2 aromatic rings. The number of phenols is 1. The molecule has 1 atom stereocenters. The summed E-state index contributed by atoms with van der Waals surface area (Å²) < 4.78 is 24.7. The maximum atomic E-state index is 12.3. The number of nitrogens with zero attached hydrogens (tertiary/aromatic N) is 2. The lowest BCUT2D eigenvalue weighted by molar-refractivity contribution is -0.118. The van der Waals surface area contributed by atoms with Crippen molar-refractivity contribution in [3.8, 4) is 5.75 Å². The van der Waals surface area contributed by atoms with Gasteiger partial charge in [-0.05, 0) is 36.2 Å². The molecule has 1 saturated heterocycles. The molecule has 27 heavy (non-hydrogen) atoms. The second-order valence-electron chi connectivity index (χ2n) is 5.53. The van der Waals surface area contributed by atoms with E-state index in [1.165, 1.54) is 18.0 Å². The molecule has 2 aromatic carbocycles. The average molecular weight is 407 g/mol. The van der Waals surface area contributed by atoms with Crippen molar-refractivity contribution in [1.29, 1.82) is 0 Å². The van der Waals surface area contributed by atoms with Crippen LogP contribution in [0.2, 0.25) is 0 Å². The molecule has 1 amide bonds. The summed E-state index contributed by atoms with van der Waals surface area (Å²) in [6.45, 7) is 0. The summed E-state index contributed by atoms with van der Waals surface area (Å²) in [7, 11) is 0. The monoisotopic (exact) mass is 407 g/mol. The number of benzene rings is 2. The number of carbonyl (C=O) groups excluding carboxylic acids is 1. The predicted octanol–water partition coefficient (Wildman–Crippen LogP) is 3.87. The number of halogens is 2. The molecule has 1 aliphatic rings. The van der Waals surface area contributed by atoms with Gasteiger partial charge in [0.1, 0.15) is 5.75 Å². The van der Waals surface area contributed by atoms with Gasteiger partial charge in [-0.25, -0.2) is 0 Å².